The van der Waals surface area contributed by atoms with E-state index >= 15 is 0 Å². The SMILES string of the molecule is CC(=O)c1ccc(S(=O)(=O)N2CCC(C(=O)Nc3ccccc3-n3cccn3)CC2)cc1. The van der Waals surface area contributed by atoms with E-state index in [0.29, 0.717) is 24.1 Å². The first kappa shape index (κ1) is 21.9. The lowest BCUT2D eigenvalue weighted by atomic mass is 9.97. The highest BCUT2D eigenvalue weighted by atomic mass is 32.2. The van der Waals surface area contributed by atoms with E-state index in [2.05, 4.69) is 10.4 Å². The number of carbonyl (C=O) groups excluding carboxylic acids is 2. The van der Waals surface area contributed by atoms with Crippen molar-refractivity contribution in [3.05, 3.63) is 72.6 Å². The van der Waals surface area contributed by atoms with E-state index in [1.807, 2.05) is 30.3 Å². The van der Waals surface area contributed by atoms with E-state index in [1.54, 1.807) is 17.1 Å². The van der Waals surface area contributed by atoms with Gasteiger partial charge in [-0.25, -0.2) is 13.1 Å². The number of benzene rings is 2. The fourth-order valence-corrected chi connectivity index (χ4v) is 5.26. The predicted molar refractivity (Wildman–Crippen MR) is 120 cm³/mol. The van der Waals surface area contributed by atoms with Gasteiger partial charge < -0.3 is 5.32 Å². The van der Waals surface area contributed by atoms with Crippen molar-refractivity contribution < 1.29 is 18.0 Å². The fourth-order valence-electron chi connectivity index (χ4n) is 3.79. The van der Waals surface area contributed by atoms with Crippen molar-refractivity contribution in [2.24, 2.45) is 5.92 Å². The minimum atomic E-state index is -3.67. The Bertz CT molecular complexity index is 1210. The number of amides is 1. The van der Waals surface area contributed by atoms with Crippen molar-refractivity contribution in [1.29, 1.82) is 0 Å². The summed E-state index contributed by atoms with van der Waals surface area (Å²) in [7, 11) is -3.67. The molecule has 0 saturated carbocycles. The Morgan fingerprint density at radius 1 is 1.00 bits per heavy atom. The molecule has 32 heavy (non-hydrogen) atoms. The van der Waals surface area contributed by atoms with Crippen LogP contribution in [0.4, 0.5) is 5.69 Å². The lowest BCUT2D eigenvalue weighted by Gasteiger charge is -2.30. The van der Waals surface area contributed by atoms with Crippen molar-refractivity contribution in [1.82, 2.24) is 14.1 Å². The first-order valence-electron chi connectivity index (χ1n) is 10.4. The number of ketones is 1. The van der Waals surface area contributed by atoms with Crippen LogP contribution in [0.3, 0.4) is 0 Å². The highest BCUT2D eigenvalue weighted by Gasteiger charge is 2.32. The number of piperidine rings is 1. The average molecular weight is 453 g/mol. The fraction of sp³-hybridized carbons (Fsp3) is 0.261. The van der Waals surface area contributed by atoms with Crippen molar-refractivity contribution >= 4 is 27.4 Å². The maximum Gasteiger partial charge on any atom is 0.243 e. The summed E-state index contributed by atoms with van der Waals surface area (Å²) in [6.07, 6.45) is 4.33. The molecule has 0 radical (unpaired) electrons. The second kappa shape index (κ2) is 9.05. The van der Waals surface area contributed by atoms with Gasteiger partial charge in [0.1, 0.15) is 0 Å². The van der Waals surface area contributed by atoms with Crippen LogP contribution in [-0.2, 0) is 14.8 Å². The van der Waals surface area contributed by atoms with Crippen molar-refractivity contribution in [3.63, 3.8) is 0 Å². The largest absolute Gasteiger partial charge is 0.324 e. The standard InChI is InChI=1S/C23H24N4O4S/c1-17(28)18-7-9-20(10-8-18)32(30,31)26-15-11-19(12-16-26)23(29)25-21-5-2-3-6-22(21)27-14-4-13-24-27/h2-10,13-14,19H,11-12,15-16H2,1H3,(H,25,29). The van der Waals surface area contributed by atoms with Crippen molar-refractivity contribution in [2.75, 3.05) is 18.4 Å². The Kier molecular flexibility index (Phi) is 6.20. The zero-order chi connectivity index (χ0) is 22.7. The molecule has 1 saturated heterocycles. The van der Waals surface area contributed by atoms with Gasteiger partial charge in [0, 0.05) is 37.0 Å². The maximum atomic E-state index is 12.9. The van der Waals surface area contributed by atoms with Gasteiger partial charge in [-0.2, -0.15) is 9.40 Å². The summed E-state index contributed by atoms with van der Waals surface area (Å²) in [6, 6.07) is 15.2. The molecule has 166 valence electrons. The van der Waals surface area contributed by atoms with Gasteiger partial charge in [0.05, 0.1) is 16.3 Å². The molecule has 0 bridgehead atoms. The number of nitrogens with one attached hydrogen (secondary N) is 1. The molecule has 0 spiro atoms. The lowest BCUT2D eigenvalue weighted by Crippen LogP contribution is -2.41. The lowest BCUT2D eigenvalue weighted by molar-refractivity contribution is -0.120. The minimum Gasteiger partial charge on any atom is -0.324 e. The molecule has 1 amide bonds. The topological polar surface area (TPSA) is 101 Å². The number of hydrogen-bond acceptors (Lipinski definition) is 5. The van der Waals surface area contributed by atoms with E-state index < -0.39 is 10.0 Å². The molecule has 3 aromatic rings. The molecule has 0 atom stereocenters. The Labute approximate surface area is 186 Å². The molecular formula is C23H24N4O4S. The van der Waals surface area contributed by atoms with Gasteiger partial charge >= 0.3 is 0 Å². The van der Waals surface area contributed by atoms with Crippen LogP contribution in [-0.4, -0.2) is 47.3 Å². The second-order valence-corrected chi connectivity index (χ2v) is 9.65. The number of para-hydroxylation sites is 2. The molecule has 1 aliphatic heterocycles. The Morgan fingerprint density at radius 3 is 2.31 bits per heavy atom. The molecule has 9 heteroatoms. The number of Topliss-reactive ketones (excluding diaryl/α,β-unsaturated/α-hetero) is 1. The quantitative estimate of drug-likeness (QED) is 0.579. The summed E-state index contributed by atoms with van der Waals surface area (Å²) >= 11 is 0. The molecule has 2 aromatic carbocycles. The smallest absolute Gasteiger partial charge is 0.243 e. The molecule has 2 heterocycles. The van der Waals surface area contributed by atoms with Crippen LogP contribution >= 0.6 is 0 Å². The number of hydrogen-bond donors (Lipinski definition) is 1. The molecule has 4 rings (SSSR count). The molecule has 8 nitrogen and oxygen atoms in total. The van der Waals surface area contributed by atoms with Crippen LogP contribution < -0.4 is 5.32 Å². The van der Waals surface area contributed by atoms with E-state index in [9.17, 15) is 18.0 Å². The monoisotopic (exact) mass is 452 g/mol. The van der Waals surface area contributed by atoms with Crippen LogP contribution in [0.5, 0.6) is 0 Å². The third kappa shape index (κ3) is 4.49. The number of aromatic nitrogens is 2. The van der Waals surface area contributed by atoms with Gasteiger partial charge in [-0.1, -0.05) is 24.3 Å². The molecule has 1 fully saturated rings. The van der Waals surface area contributed by atoms with E-state index in [-0.39, 0.29) is 35.6 Å². The Morgan fingerprint density at radius 2 is 1.69 bits per heavy atom. The van der Waals surface area contributed by atoms with Gasteiger partial charge in [-0.15, -0.1) is 0 Å². The highest BCUT2D eigenvalue weighted by molar-refractivity contribution is 7.89. The normalized spacial score (nSPS) is 15.4. The zero-order valence-corrected chi connectivity index (χ0v) is 18.5. The van der Waals surface area contributed by atoms with Crippen LogP contribution in [0.15, 0.2) is 71.9 Å². The van der Waals surface area contributed by atoms with Gasteiger partial charge in [-0.05, 0) is 50.1 Å². The molecular weight excluding hydrogens is 428 g/mol. The van der Waals surface area contributed by atoms with Crippen LogP contribution in [0, 0.1) is 5.92 Å². The van der Waals surface area contributed by atoms with E-state index in [0.717, 1.165) is 5.69 Å². The molecule has 0 unspecified atom stereocenters. The predicted octanol–water partition coefficient (Wildman–Crippen LogP) is 3.11. The summed E-state index contributed by atoms with van der Waals surface area (Å²) in [6.45, 7) is 1.96. The maximum absolute atomic E-state index is 12.9. The molecule has 1 N–H and O–H groups in total. The zero-order valence-electron chi connectivity index (χ0n) is 17.6. The van der Waals surface area contributed by atoms with E-state index in [1.165, 1.54) is 35.5 Å². The first-order chi connectivity index (χ1) is 15.4. The van der Waals surface area contributed by atoms with Gasteiger partial charge in [-0.3, -0.25) is 9.59 Å². The average Bonchev–Trinajstić information content (AvgIpc) is 3.34. The molecule has 1 aromatic heterocycles. The third-order valence-electron chi connectivity index (χ3n) is 5.64. The summed E-state index contributed by atoms with van der Waals surface area (Å²) in [5.41, 5.74) is 1.89. The van der Waals surface area contributed by atoms with Crippen LogP contribution in [0.1, 0.15) is 30.1 Å². The summed E-state index contributed by atoms with van der Waals surface area (Å²) in [4.78, 5) is 24.5. The first-order valence-corrected chi connectivity index (χ1v) is 11.8. The molecule has 1 aliphatic rings. The van der Waals surface area contributed by atoms with Gasteiger partial charge in [0.2, 0.25) is 15.9 Å². The number of rotatable bonds is 6. The Hall–Kier alpha value is -3.30. The number of sulfonamides is 1. The minimum absolute atomic E-state index is 0.116. The van der Waals surface area contributed by atoms with Crippen LogP contribution in [0.2, 0.25) is 0 Å². The van der Waals surface area contributed by atoms with Crippen molar-refractivity contribution in [3.8, 4) is 5.69 Å². The highest BCUT2D eigenvalue weighted by Crippen LogP contribution is 2.26. The summed E-state index contributed by atoms with van der Waals surface area (Å²) in [5, 5.41) is 7.19. The third-order valence-corrected chi connectivity index (χ3v) is 7.55. The van der Waals surface area contributed by atoms with E-state index in [4.69, 9.17) is 0 Å². The van der Waals surface area contributed by atoms with Gasteiger partial charge in [0.15, 0.2) is 5.78 Å². The van der Waals surface area contributed by atoms with Crippen LogP contribution in [0.25, 0.3) is 5.69 Å². The Balaban J connectivity index is 1.41. The van der Waals surface area contributed by atoms with Gasteiger partial charge in [0.25, 0.3) is 0 Å². The second-order valence-electron chi connectivity index (χ2n) is 7.72. The number of anilines is 1. The number of carbonyl (C=O) groups is 2. The molecule has 0 aliphatic carbocycles. The van der Waals surface area contributed by atoms with Crippen molar-refractivity contribution in [2.45, 2.75) is 24.7 Å². The summed E-state index contributed by atoms with van der Waals surface area (Å²) in [5.74, 6) is -0.533. The number of nitrogens with zero attached hydrogens (tertiary/aromatic N) is 3. The summed E-state index contributed by atoms with van der Waals surface area (Å²) < 4.78 is 29.0.